The number of phosphoric ester groups is 2. The van der Waals surface area contributed by atoms with Crippen LogP contribution in [0.25, 0.3) is 0 Å². The summed E-state index contributed by atoms with van der Waals surface area (Å²) >= 11 is 0. The van der Waals surface area contributed by atoms with Crippen LogP contribution in [0.15, 0.2) is 72.9 Å². The number of esters is 4. The molecular weight excluding hydrogens is 1260 g/mol. The van der Waals surface area contributed by atoms with Crippen LogP contribution in [0, 0.1) is 0 Å². The number of ether oxygens (including phenoxy) is 4. The third kappa shape index (κ3) is 69.0. The van der Waals surface area contributed by atoms with Gasteiger partial charge in [0.25, 0.3) is 0 Å². The first kappa shape index (κ1) is 92.5. The second-order valence-corrected chi connectivity index (χ2v) is 28.5. The summed E-state index contributed by atoms with van der Waals surface area (Å²) in [6, 6.07) is 0. The lowest BCUT2D eigenvalue weighted by Crippen LogP contribution is -2.30. The van der Waals surface area contributed by atoms with Crippen LogP contribution in [-0.4, -0.2) is 96.7 Å². The number of aliphatic hydroxyl groups excluding tert-OH is 1. The van der Waals surface area contributed by atoms with Gasteiger partial charge in [-0.15, -0.1) is 0 Å². The van der Waals surface area contributed by atoms with Gasteiger partial charge in [-0.25, -0.2) is 9.13 Å². The number of allylic oxidation sites excluding steroid dienone is 12. The Morgan fingerprint density at radius 3 is 0.896 bits per heavy atom. The lowest BCUT2D eigenvalue weighted by atomic mass is 10.0. The molecule has 0 aliphatic rings. The van der Waals surface area contributed by atoms with E-state index in [-0.39, 0.29) is 25.7 Å². The number of carbonyl (C=O) groups excluding carboxylic acids is 4. The van der Waals surface area contributed by atoms with Gasteiger partial charge in [0.05, 0.1) is 26.4 Å². The molecule has 0 amide bonds. The minimum atomic E-state index is -4.98. The van der Waals surface area contributed by atoms with Crippen LogP contribution in [0.2, 0.25) is 0 Å². The number of hydrogen-bond donors (Lipinski definition) is 3. The van der Waals surface area contributed by atoms with Gasteiger partial charge >= 0.3 is 39.5 Å². The van der Waals surface area contributed by atoms with E-state index in [1.807, 2.05) is 0 Å². The third-order valence-corrected chi connectivity index (χ3v) is 18.1. The highest BCUT2D eigenvalue weighted by Gasteiger charge is 2.30. The zero-order chi connectivity index (χ0) is 70.4. The van der Waals surface area contributed by atoms with Gasteiger partial charge in [-0.1, -0.05) is 293 Å². The third-order valence-electron chi connectivity index (χ3n) is 16.2. The maximum Gasteiger partial charge on any atom is 0.472 e. The second-order valence-electron chi connectivity index (χ2n) is 25.6. The number of aliphatic hydroxyl groups is 1. The molecule has 0 aromatic carbocycles. The monoisotopic (exact) mass is 1400 g/mol. The molecule has 0 saturated heterocycles. The number of rotatable bonds is 72. The molecule has 0 spiro atoms. The van der Waals surface area contributed by atoms with Crippen LogP contribution in [-0.2, 0) is 65.4 Å². The normalized spacial score (nSPS) is 14.4. The Kier molecular flexibility index (Phi) is 67.4. The van der Waals surface area contributed by atoms with E-state index in [0.29, 0.717) is 25.7 Å². The minimum Gasteiger partial charge on any atom is -0.462 e. The fraction of sp³-hybridized carbons (Fsp3) is 0.792. The van der Waals surface area contributed by atoms with Crippen molar-refractivity contribution in [3.8, 4) is 0 Å². The summed E-state index contributed by atoms with van der Waals surface area (Å²) in [5.74, 6) is -2.21. The highest BCUT2D eigenvalue weighted by atomic mass is 31.2. The summed E-state index contributed by atoms with van der Waals surface area (Å²) in [4.78, 5) is 72.8. The number of phosphoric acid groups is 2. The van der Waals surface area contributed by atoms with Crippen LogP contribution in [0.3, 0.4) is 0 Å². The maximum atomic E-state index is 13.1. The first-order valence-electron chi connectivity index (χ1n) is 38.2. The molecule has 0 aromatic heterocycles. The summed E-state index contributed by atoms with van der Waals surface area (Å²) in [6.07, 6.45) is 68.9. The van der Waals surface area contributed by atoms with Gasteiger partial charge in [0, 0.05) is 25.7 Å². The first-order chi connectivity index (χ1) is 46.7. The molecule has 0 bridgehead atoms. The van der Waals surface area contributed by atoms with Gasteiger partial charge in [0.2, 0.25) is 0 Å². The highest BCUT2D eigenvalue weighted by molar-refractivity contribution is 7.47. The molecule has 0 aliphatic heterocycles. The first-order valence-corrected chi connectivity index (χ1v) is 41.2. The summed E-state index contributed by atoms with van der Waals surface area (Å²) in [5.41, 5.74) is 0. The van der Waals surface area contributed by atoms with Crippen molar-refractivity contribution >= 4 is 39.5 Å². The molecule has 0 rings (SSSR count). The molecule has 0 aromatic rings. The molecule has 3 N–H and O–H groups in total. The quantitative estimate of drug-likeness (QED) is 0.0169. The van der Waals surface area contributed by atoms with Crippen LogP contribution in [0.4, 0.5) is 0 Å². The smallest absolute Gasteiger partial charge is 0.462 e. The fourth-order valence-electron chi connectivity index (χ4n) is 10.4. The zero-order valence-electron chi connectivity index (χ0n) is 60.8. The van der Waals surface area contributed by atoms with Gasteiger partial charge in [-0.05, 0) is 89.9 Å². The van der Waals surface area contributed by atoms with Crippen molar-refractivity contribution in [3.63, 3.8) is 0 Å². The van der Waals surface area contributed by atoms with E-state index < -0.39 is 97.5 Å². The maximum absolute atomic E-state index is 13.1. The van der Waals surface area contributed by atoms with Gasteiger partial charge in [-0.3, -0.25) is 37.3 Å². The zero-order valence-corrected chi connectivity index (χ0v) is 62.6. The Bertz CT molecular complexity index is 2110. The van der Waals surface area contributed by atoms with Crippen LogP contribution in [0.1, 0.15) is 336 Å². The van der Waals surface area contributed by atoms with Crippen LogP contribution < -0.4 is 0 Å². The predicted octanol–water partition coefficient (Wildman–Crippen LogP) is 21.7. The summed E-state index contributed by atoms with van der Waals surface area (Å²) in [7, 11) is -9.95. The van der Waals surface area contributed by atoms with Gasteiger partial charge < -0.3 is 33.8 Å². The van der Waals surface area contributed by atoms with Crippen molar-refractivity contribution in [1.82, 2.24) is 0 Å². The number of hydrogen-bond acceptors (Lipinski definition) is 15. The molecule has 0 heterocycles. The summed E-state index contributed by atoms with van der Waals surface area (Å²) < 4.78 is 68.4. The molecule has 558 valence electrons. The van der Waals surface area contributed by atoms with Crippen molar-refractivity contribution < 1.29 is 80.2 Å². The number of carbonyl (C=O) groups is 4. The lowest BCUT2D eigenvalue weighted by molar-refractivity contribution is -0.161. The standard InChI is InChI=1S/C77H138O17P2/c1-5-9-13-17-21-25-29-33-35-39-42-46-50-54-58-62-75(80)88-68-73(94-77(82)64-60-56-52-48-44-40-36-34-30-26-22-18-14-10-6-2)70-92-96(85,86)90-66-71(78)65-89-95(83,84)91-69-72(93-76(81)63-59-55-51-47-43-38-32-28-24-20-16-12-8-4)67-87-74(79)61-57-53-49-45-41-37-31-27-23-19-15-11-7-3/h9,13,15,19,21,25,27,31,33,35,42,46,71-73,78H,5-8,10-12,14,16-18,20,22-24,26,28-30,32,34,36-41,43-45,47-70H2,1-4H3,(H,83,84)(H,85,86)/b13-9-,19-15-,25-21-,31-27-,35-33-,46-42-. The van der Waals surface area contributed by atoms with Crippen molar-refractivity contribution in [3.05, 3.63) is 72.9 Å². The van der Waals surface area contributed by atoms with E-state index in [0.717, 1.165) is 141 Å². The Labute approximate surface area is 583 Å². The SMILES string of the molecule is CC/C=C\C/C=C\C/C=C\C/C=C\CCCCC(=O)OCC(COP(=O)(O)OCC(O)COP(=O)(O)OCC(COC(=O)CCCCCCC/C=C\C/C=C\CCC)OC(=O)CCCCCCCCCCCCCCC)OC(=O)CCCCCCCCCCCCCCCCC. The average Bonchev–Trinajstić information content (AvgIpc) is 1.36. The largest absolute Gasteiger partial charge is 0.472 e. The Morgan fingerprint density at radius 1 is 0.302 bits per heavy atom. The summed E-state index contributed by atoms with van der Waals surface area (Å²) in [6.45, 7) is 4.68. The van der Waals surface area contributed by atoms with E-state index in [9.17, 15) is 43.2 Å². The van der Waals surface area contributed by atoms with E-state index in [1.54, 1.807) is 0 Å². The predicted molar refractivity (Wildman–Crippen MR) is 390 cm³/mol. The van der Waals surface area contributed by atoms with Crippen LogP contribution >= 0.6 is 15.6 Å². The van der Waals surface area contributed by atoms with Gasteiger partial charge in [0.15, 0.2) is 12.2 Å². The fourth-order valence-corrected chi connectivity index (χ4v) is 11.9. The Morgan fingerprint density at radius 2 is 0.562 bits per heavy atom. The molecule has 0 saturated carbocycles. The Balaban J connectivity index is 5.35. The topological polar surface area (TPSA) is 237 Å². The second kappa shape index (κ2) is 70.0. The lowest BCUT2D eigenvalue weighted by Gasteiger charge is -2.21. The molecule has 5 atom stereocenters. The van der Waals surface area contributed by atoms with Crippen molar-refractivity contribution in [2.24, 2.45) is 0 Å². The molecule has 0 aliphatic carbocycles. The molecule has 0 fully saturated rings. The van der Waals surface area contributed by atoms with E-state index in [4.69, 9.17) is 37.0 Å². The minimum absolute atomic E-state index is 0.0911. The van der Waals surface area contributed by atoms with Gasteiger partial charge in [-0.2, -0.15) is 0 Å². The van der Waals surface area contributed by atoms with Crippen molar-refractivity contribution in [2.45, 2.75) is 354 Å². The summed E-state index contributed by atoms with van der Waals surface area (Å²) in [5, 5.41) is 10.6. The van der Waals surface area contributed by atoms with E-state index in [2.05, 4.69) is 101 Å². The molecule has 19 heteroatoms. The molecular formula is C77H138O17P2. The molecule has 17 nitrogen and oxygen atoms in total. The van der Waals surface area contributed by atoms with Crippen molar-refractivity contribution in [2.75, 3.05) is 39.6 Å². The molecule has 96 heavy (non-hydrogen) atoms. The Hall–Kier alpha value is -3.50. The highest BCUT2D eigenvalue weighted by Crippen LogP contribution is 2.45. The van der Waals surface area contributed by atoms with E-state index in [1.165, 1.54) is 116 Å². The molecule has 0 radical (unpaired) electrons. The number of unbranched alkanes of at least 4 members (excludes halogenated alkanes) is 34. The average molecular weight is 1400 g/mol. The van der Waals surface area contributed by atoms with E-state index >= 15 is 0 Å². The van der Waals surface area contributed by atoms with Crippen molar-refractivity contribution in [1.29, 1.82) is 0 Å². The van der Waals surface area contributed by atoms with Gasteiger partial charge in [0.1, 0.15) is 19.3 Å². The molecule has 5 unspecified atom stereocenters. The van der Waals surface area contributed by atoms with Crippen LogP contribution in [0.5, 0.6) is 0 Å².